The summed E-state index contributed by atoms with van der Waals surface area (Å²) in [5.74, 6) is 0.271. The molecular weight excluding hydrogens is 424 g/mol. The van der Waals surface area contributed by atoms with Crippen LogP contribution >= 0.6 is 11.3 Å². The second-order valence-corrected chi connectivity index (χ2v) is 10.6. The molecule has 7 nitrogen and oxygen atoms in total. The molecule has 0 spiro atoms. The lowest BCUT2D eigenvalue weighted by atomic mass is 10.2. The molecule has 1 aliphatic heterocycles. The molecular formula is C21H24N2O5S2. The maximum absolute atomic E-state index is 13.2. The molecule has 1 amide bonds. The molecule has 0 aromatic carbocycles. The summed E-state index contributed by atoms with van der Waals surface area (Å²) in [6, 6.07) is 10.4. The van der Waals surface area contributed by atoms with Crippen LogP contribution < -0.4 is 0 Å². The van der Waals surface area contributed by atoms with Gasteiger partial charge in [-0.25, -0.2) is 8.42 Å². The first-order valence-electron chi connectivity index (χ1n) is 9.90. The largest absolute Gasteiger partial charge is 0.467 e. The fourth-order valence-electron chi connectivity index (χ4n) is 3.51. The minimum atomic E-state index is -3.73. The van der Waals surface area contributed by atoms with E-state index in [1.807, 2.05) is 19.1 Å². The van der Waals surface area contributed by atoms with Crippen molar-refractivity contribution in [2.45, 2.75) is 44.4 Å². The summed E-state index contributed by atoms with van der Waals surface area (Å²) in [4.78, 5) is 17.0. The second kappa shape index (κ2) is 8.79. The number of amides is 1. The second-order valence-electron chi connectivity index (χ2n) is 7.34. The van der Waals surface area contributed by atoms with Gasteiger partial charge < -0.3 is 13.7 Å². The molecule has 0 radical (unpaired) electrons. The first-order chi connectivity index (χ1) is 14.4. The van der Waals surface area contributed by atoms with Crippen molar-refractivity contribution in [3.8, 4) is 0 Å². The van der Waals surface area contributed by atoms with E-state index in [2.05, 4.69) is 0 Å². The number of rotatable bonds is 7. The lowest BCUT2D eigenvalue weighted by Gasteiger charge is -2.24. The van der Waals surface area contributed by atoms with Crippen LogP contribution in [0.1, 0.15) is 45.3 Å². The third-order valence-electron chi connectivity index (χ3n) is 5.06. The normalized spacial score (nSPS) is 15.4. The fourth-order valence-corrected chi connectivity index (χ4v) is 5.85. The van der Waals surface area contributed by atoms with Crippen molar-refractivity contribution in [2.75, 3.05) is 13.1 Å². The van der Waals surface area contributed by atoms with Crippen molar-refractivity contribution in [3.05, 3.63) is 63.9 Å². The predicted octanol–water partition coefficient (Wildman–Crippen LogP) is 4.26. The van der Waals surface area contributed by atoms with Gasteiger partial charge in [-0.3, -0.25) is 4.79 Å². The maximum atomic E-state index is 13.2. The minimum Gasteiger partial charge on any atom is -0.467 e. The number of aryl methyl sites for hydroxylation is 1. The Kier molecular flexibility index (Phi) is 6.12. The molecule has 3 aromatic heterocycles. The van der Waals surface area contributed by atoms with Crippen LogP contribution in [0.25, 0.3) is 0 Å². The van der Waals surface area contributed by atoms with E-state index in [9.17, 15) is 13.2 Å². The predicted molar refractivity (Wildman–Crippen MR) is 113 cm³/mol. The van der Waals surface area contributed by atoms with Gasteiger partial charge in [-0.15, -0.1) is 11.3 Å². The molecule has 0 unspecified atom stereocenters. The number of hydrogen-bond donors (Lipinski definition) is 0. The van der Waals surface area contributed by atoms with E-state index in [0.717, 1.165) is 29.0 Å². The van der Waals surface area contributed by atoms with Crippen LogP contribution in [0.15, 0.2) is 56.6 Å². The summed E-state index contributed by atoms with van der Waals surface area (Å²) in [6.07, 6.45) is 4.26. The molecule has 3 aromatic rings. The Labute approximate surface area is 179 Å². The van der Waals surface area contributed by atoms with Crippen molar-refractivity contribution in [3.63, 3.8) is 0 Å². The molecule has 0 N–H and O–H groups in total. The average Bonchev–Trinajstić information content (AvgIpc) is 3.50. The number of hydrogen-bond acceptors (Lipinski definition) is 6. The summed E-state index contributed by atoms with van der Waals surface area (Å²) in [7, 11) is -3.73. The van der Waals surface area contributed by atoms with Crippen LogP contribution in [0, 0.1) is 6.92 Å². The van der Waals surface area contributed by atoms with Crippen molar-refractivity contribution < 1.29 is 22.0 Å². The molecule has 160 valence electrons. The molecule has 0 bridgehead atoms. The number of furan rings is 2. The van der Waals surface area contributed by atoms with Gasteiger partial charge in [0.1, 0.15) is 5.76 Å². The van der Waals surface area contributed by atoms with E-state index in [0.29, 0.717) is 25.4 Å². The van der Waals surface area contributed by atoms with E-state index >= 15 is 0 Å². The number of carbonyl (C=O) groups is 1. The van der Waals surface area contributed by atoms with E-state index < -0.39 is 10.0 Å². The number of piperidine rings is 1. The van der Waals surface area contributed by atoms with Crippen LogP contribution in [0.5, 0.6) is 0 Å². The average molecular weight is 449 g/mol. The van der Waals surface area contributed by atoms with Gasteiger partial charge in [0.2, 0.25) is 5.09 Å². The van der Waals surface area contributed by atoms with Crippen LogP contribution in [0.3, 0.4) is 0 Å². The van der Waals surface area contributed by atoms with E-state index in [1.54, 1.807) is 34.6 Å². The summed E-state index contributed by atoms with van der Waals surface area (Å²) >= 11 is 1.61. The van der Waals surface area contributed by atoms with Crippen molar-refractivity contribution in [2.24, 2.45) is 0 Å². The van der Waals surface area contributed by atoms with Gasteiger partial charge in [0.15, 0.2) is 5.76 Å². The Balaban J connectivity index is 1.56. The van der Waals surface area contributed by atoms with Gasteiger partial charge in [0.05, 0.1) is 19.4 Å². The van der Waals surface area contributed by atoms with Crippen LogP contribution in [-0.2, 0) is 23.1 Å². The molecule has 0 saturated carbocycles. The molecule has 4 heterocycles. The molecule has 0 aliphatic carbocycles. The van der Waals surface area contributed by atoms with Crippen molar-refractivity contribution in [1.82, 2.24) is 9.21 Å². The number of nitrogens with zero attached hydrogens (tertiary/aromatic N) is 2. The molecule has 1 saturated heterocycles. The smallest absolute Gasteiger partial charge is 0.290 e. The zero-order valence-electron chi connectivity index (χ0n) is 16.7. The quantitative estimate of drug-likeness (QED) is 0.539. The Morgan fingerprint density at radius 2 is 1.90 bits per heavy atom. The van der Waals surface area contributed by atoms with Crippen LogP contribution in [0.2, 0.25) is 0 Å². The van der Waals surface area contributed by atoms with Gasteiger partial charge in [0.25, 0.3) is 15.9 Å². The number of thiophene rings is 1. The fraction of sp³-hybridized carbons (Fsp3) is 0.381. The zero-order chi connectivity index (χ0) is 21.1. The van der Waals surface area contributed by atoms with E-state index in [1.165, 1.54) is 16.4 Å². The lowest BCUT2D eigenvalue weighted by Crippen LogP contribution is -2.35. The SMILES string of the molecule is Cc1ccc(CN(Cc2ccco2)C(=O)c2ccc(S(=O)(=O)N3CCCCC3)o2)s1. The number of sulfonamides is 1. The monoisotopic (exact) mass is 448 g/mol. The molecule has 1 fully saturated rings. The Morgan fingerprint density at radius 1 is 1.10 bits per heavy atom. The third kappa shape index (κ3) is 4.53. The summed E-state index contributed by atoms with van der Waals surface area (Å²) in [5.41, 5.74) is 0. The molecule has 0 atom stereocenters. The Bertz CT molecular complexity index is 1090. The first-order valence-corrected chi connectivity index (χ1v) is 12.2. The summed E-state index contributed by atoms with van der Waals surface area (Å²) in [5, 5.41) is -0.183. The molecule has 4 rings (SSSR count). The standard InChI is InChI=1S/C21H24N2O5S2/c1-16-7-8-18(29-16)15-22(14-17-6-5-13-27-17)21(24)19-9-10-20(28-19)30(25,26)23-11-3-2-4-12-23/h5-10,13H,2-4,11-12,14-15H2,1H3. The number of carbonyl (C=O) groups excluding carboxylic acids is 1. The van der Waals surface area contributed by atoms with E-state index in [-0.39, 0.29) is 23.3 Å². The highest BCUT2D eigenvalue weighted by Gasteiger charge is 2.30. The van der Waals surface area contributed by atoms with Crippen LogP contribution in [-0.4, -0.2) is 36.6 Å². The van der Waals surface area contributed by atoms with Gasteiger partial charge in [-0.05, 0) is 56.2 Å². The molecule has 9 heteroatoms. The van der Waals surface area contributed by atoms with Crippen molar-refractivity contribution >= 4 is 27.3 Å². The van der Waals surface area contributed by atoms with Gasteiger partial charge in [-0.2, -0.15) is 4.31 Å². The molecule has 30 heavy (non-hydrogen) atoms. The Morgan fingerprint density at radius 3 is 2.57 bits per heavy atom. The molecule has 1 aliphatic rings. The topological polar surface area (TPSA) is 84.0 Å². The van der Waals surface area contributed by atoms with E-state index in [4.69, 9.17) is 8.83 Å². The van der Waals surface area contributed by atoms with Gasteiger partial charge >= 0.3 is 0 Å². The highest BCUT2D eigenvalue weighted by atomic mass is 32.2. The highest BCUT2D eigenvalue weighted by Crippen LogP contribution is 2.25. The Hall–Kier alpha value is -2.36. The highest BCUT2D eigenvalue weighted by molar-refractivity contribution is 7.89. The maximum Gasteiger partial charge on any atom is 0.290 e. The van der Waals surface area contributed by atoms with Crippen LogP contribution in [0.4, 0.5) is 0 Å². The zero-order valence-corrected chi connectivity index (χ0v) is 18.4. The van der Waals surface area contributed by atoms with Gasteiger partial charge in [-0.1, -0.05) is 6.42 Å². The minimum absolute atomic E-state index is 0.00502. The lowest BCUT2D eigenvalue weighted by molar-refractivity contribution is 0.0681. The third-order valence-corrected chi connectivity index (χ3v) is 7.82. The first kappa shape index (κ1) is 20.9. The van der Waals surface area contributed by atoms with Gasteiger partial charge in [0, 0.05) is 22.8 Å². The summed E-state index contributed by atoms with van der Waals surface area (Å²) < 4.78 is 38.1. The summed E-state index contributed by atoms with van der Waals surface area (Å²) in [6.45, 7) is 3.62. The van der Waals surface area contributed by atoms with Crippen molar-refractivity contribution in [1.29, 1.82) is 0 Å².